The molecule has 0 unspecified atom stereocenters. The lowest BCUT2D eigenvalue weighted by molar-refractivity contribution is -0.121. The minimum atomic E-state index is -0.350. The van der Waals surface area contributed by atoms with Crippen LogP contribution in [0.15, 0.2) is 0 Å². The molecule has 0 aliphatic carbocycles. The average molecular weight is 170 g/mol. The minimum absolute atomic E-state index is 0.213. The smallest absolute Gasteiger partial charge is 0.308 e. The van der Waals surface area contributed by atoms with Crippen LogP contribution in [0.4, 0.5) is 4.79 Å². The zero-order valence-corrected chi connectivity index (χ0v) is 7.84. The van der Waals surface area contributed by atoms with Gasteiger partial charge in [-0.1, -0.05) is 0 Å². The molecule has 1 rings (SSSR count). The fraction of sp³-hybridized carbons (Fsp3) is 0.750. The number of nitrogens with zero attached hydrogens (tertiary/aromatic N) is 1. The molecule has 1 atom stereocenters. The number of carbonyl (C=O) groups is 2. The summed E-state index contributed by atoms with van der Waals surface area (Å²) in [6.07, 6.45) is 0. The Morgan fingerprint density at radius 1 is 1.33 bits per heavy atom. The van der Waals surface area contributed by atoms with Gasteiger partial charge in [0, 0.05) is 5.54 Å². The van der Waals surface area contributed by atoms with Gasteiger partial charge in [-0.2, -0.15) is 0 Å². The number of amides is 3. The normalized spacial score (nSPS) is 24.7. The summed E-state index contributed by atoms with van der Waals surface area (Å²) < 4.78 is 0. The van der Waals surface area contributed by atoms with Crippen LogP contribution in [-0.2, 0) is 4.79 Å². The lowest BCUT2D eigenvalue weighted by Crippen LogP contribution is -2.47. The summed E-state index contributed by atoms with van der Waals surface area (Å²) in [6, 6.07) is -0.641. The van der Waals surface area contributed by atoms with Crippen LogP contribution in [-0.4, -0.2) is 28.4 Å². The molecule has 1 N–H and O–H groups in total. The topological polar surface area (TPSA) is 49.4 Å². The fourth-order valence-electron chi connectivity index (χ4n) is 1.45. The van der Waals surface area contributed by atoms with Crippen LogP contribution < -0.4 is 5.32 Å². The monoisotopic (exact) mass is 170 g/mol. The van der Waals surface area contributed by atoms with Crippen molar-refractivity contribution >= 4 is 11.9 Å². The molecule has 0 aromatic rings. The van der Waals surface area contributed by atoms with E-state index in [1.807, 2.05) is 20.8 Å². The number of hydrogen-bond acceptors (Lipinski definition) is 2. The number of urea groups is 1. The third-order valence-corrected chi connectivity index (χ3v) is 1.94. The first-order valence-corrected chi connectivity index (χ1v) is 3.98. The SMILES string of the molecule is C[C@H]1C(=O)NC(=O)N1C(C)(C)C. The molecular formula is C8H14N2O2. The first kappa shape index (κ1) is 9.03. The van der Waals surface area contributed by atoms with Crippen molar-refractivity contribution in [2.45, 2.75) is 39.3 Å². The van der Waals surface area contributed by atoms with E-state index in [9.17, 15) is 9.59 Å². The average Bonchev–Trinajstić information content (AvgIpc) is 2.05. The van der Waals surface area contributed by atoms with Gasteiger partial charge in [0.2, 0.25) is 0 Å². The van der Waals surface area contributed by atoms with Gasteiger partial charge in [0.15, 0.2) is 0 Å². The fourth-order valence-corrected chi connectivity index (χ4v) is 1.45. The second-order valence-electron chi connectivity index (χ2n) is 4.01. The van der Waals surface area contributed by atoms with Crippen LogP contribution in [0.1, 0.15) is 27.7 Å². The maximum Gasteiger partial charge on any atom is 0.325 e. The Morgan fingerprint density at radius 3 is 2.00 bits per heavy atom. The predicted octanol–water partition coefficient (Wildman–Crippen LogP) is 0.725. The lowest BCUT2D eigenvalue weighted by Gasteiger charge is -2.33. The summed E-state index contributed by atoms with van der Waals surface area (Å²) in [5, 5.41) is 2.27. The van der Waals surface area contributed by atoms with E-state index < -0.39 is 0 Å². The van der Waals surface area contributed by atoms with E-state index in [-0.39, 0.29) is 23.5 Å². The number of rotatable bonds is 0. The van der Waals surface area contributed by atoms with Crippen molar-refractivity contribution in [1.29, 1.82) is 0 Å². The zero-order valence-electron chi connectivity index (χ0n) is 7.84. The van der Waals surface area contributed by atoms with Gasteiger partial charge in [-0.05, 0) is 27.7 Å². The molecular weight excluding hydrogens is 156 g/mol. The number of carbonyl (C=O) groups excluding carboxylic acids is 2. The molecule has 0 bridgehead atoms. The van der Waals surface area contributed by atoms with E-state index in [4.69, 9.17) is 0 Å². The molecule has 1 aliphatic heterocycles. The van der Waals surface area contributed by atoms with Gasteiger partial charge in [-0.15, -0.1) is 0 Å². The standard InChI is InChI=1S/C8H14N2O2/c1-5-6(11)9-7(12)10(5)8(2,3)4/h5H,1-4H3,(H,9,11,12)/t5-/m0/s1. The minimum Gasteiger partial charge on any atom is -0.308 e. The van der Waals surface area contributed by atoms with Crippen molar-refractivity contribution in [2.24, 2.45) is 0 Å². The van der Waals surface area contributed by atoms with Gasteiger partial charge >= 0.3 is 6.03 Å². The molecule has 68 valence electrons. The molecule has 1 fully saturated rings. The predicted molar refractivity (Wildman–Crippen MR) is 44.6 cm³/mol. The van der Waals surface area contributed by atoms with Crippen LogP contribution >= 0.6 is 0 Å². The summed E-state index contributed by atoms with van der Waals surface area (Å²) in [5.41, 5.74) is -0.296. The van der Waals surface area contributed by atoms with E-state index in [1.54, 1.807) is 11.8 Å². The van der Waals surface area contributed by atoms with Crippen molar-refractivity contribution in [3.8, 4) is 0 Å². The highest BCUT2D eigenvalue weighted by atomic mass is 16.2. The van der Waals surface area contributed by atoms with Gasteiger partial charge in [0.1, 0.15) is 6.04 Å². The van der Waals surface area contributed by atoms with Crippen LogP contribution in [0.5, 0.6) is 0 Å². The third-order valence-electron chi connectivity index (χ3n) is 1.94. The highest BCUT2D eigenvalue weighted by Crippen LogP contribution is 2.20. The Hall–Kier alpha value is -1.06. The van der Waals surface area contributed by atoms with Crippen molar-refractivity contribution < 1.29 is 9.59 Å². The Bertz CT molecular complexity index is 230. The second-order valence-corrected chi connectivity index (χ2v) is 4.01. The molecule has 0 aromatic heterocycles. The molecule has 0 radical (unpaired) electrons. The Labute approximate surface area is 71.9 Å². The molecule has 4 heteroatoms. The lowest BCUT2D eigenvalue weighted by atomic mass is 10.1. The summed E-state index contributed by atoms with van der Waals surface area (Å²) >= 11 is 0. The molecule has 0 saturated carbocycles. The van der Waals surface area contributed by atoms with E-state index in [2.05, 4.69) is 5.32 Å². The maximum atomic E-state index is 11.2. The van der Waals surface area contributed by atoms with Crippen molar-refractivity contribution in [3.05, 3.63) is 0 Å². The van der Waals surface area contributed by atoms with Gasteiger partial charge in [-0.3, -0.25) is 10.1 Å². The molecule has 0 spiro atoms. The first-order valence-electron chi connectivity index (χ1n) is 3.98. The van der Waals surface area contributed by atoms with E-state index in [1.165, 1.54) is 0 Å². The molecule has 1 saturated heterocycles. The molecule has 0 aromatic carbocycles. The highest BCUT2D eigenvalue weighted by molar-refractivity contribution is 6.04. The van der Waals surface area contributed by atoms with E-state index in [0.717, 1.165) is 0 Å². The number of imide groups is 1. The van der Waals surface area contributed by atoms with Crippen LogP contribution in [0, 0.1) is 0 Å². The van der Waals surface area contributed by atoms with Gasteiger partial charge < -0.3 is 4.90 Å². The van der Waals surface area contributed by atoms with Crippen molar-refractivity contribution in [3.63, 3.8) is 0 Å². The van der Waals surface area contributed by atoms with Crippen LogP contribution in [0.25, 0.3) is 0 Å². The number of nitrogens with one attached hydrogen (secondary N) is 1. The van der Waals surface area contributed by atoms with Gasteiger partial charge in [-0.25, -0.2) is 4.79 Å². The molecule has 1 heterocycles. The first-order chi connectivity index (χ1) is 5.34. The van der Waals surface area contributed by atoms with Crippen LogP contribution in [0.3, 0.4) is 0 Å². The Kier molecular flexibility index (Phi) is 1.86. The zero-order chi connectivity index (χ0) is 9.52. The third kappa shape index (κ3) is 1.29. The van der Waals surface area contributed by atoms with E-state index in [0.29, 0.717) is 0 Å². The largest absolute Gasteiger partial charge is 0.325 e. The molecule has 1 aliphatic rings. The summed E-state index contributed by atoms with van der Waals surface area (Å²) in [7, 11) is 0. The second kappa shape index (κ2) is 2.47. The van der Waals surface area contributed by atoms with Gasteiger partial charge in [0.05, 0.1) is 0 Å². The van der Waals surface area contributed by atoms with Crippen LogP contribution in [0.2, 0.25) is 0 Å². The summed E-state index contributed by atoms with van der Waals surface area (Å²) in [6.45, 7) is 7.44. The number of hydrogen-bond donors (Lipinski definition) is 1. The molecule has 4 nitrogen and oxygen atoms in total. The van der Waals surface area contributed by atoms with Crippen molar-refractivity contribution in [1.82, 2.24) is 10.2 Å². The van der Waals surface area contributed by atoms with Crippen molar-refractivity contribution in [2.75, 3.05) is 0 Å². The van der Waals surface area contributed by atoms with Gasteiger partial charge in [0.25, 0.3) is 5.91 Å². The molecule has 3 amide bonds. The summed E-state index contributed by atoms with van der Waals surface area (Å²) in [5.74, 6) is -0.213. The molecule has 12 heavy (non-hydrogen) atoms. The Balaban J connectivity index is 2.91. The maximum absolute atomic E-state index is 11.2. The quantitative estimate of drug-likeness (QED) is 0.545. The Morgan fingerprint density at radius 2 is 1.83 bits per heavy atom. The summed E-state index contributed by atoms with van der Waals surface area (Å²) in [4.78, 5) is 23.9. The van der Waals surface area contributed by atoms with E-state index >= 15 is 0 Å². The highest BCUT2D eigenvalue weighted by Gasteiger charge is 2.41.